The maximum Gasteiger partial charge on any atom is 0.217 e. The number of hydrogen-bond acceptors (Lipinski definition) is 19. The van der Waals surface area contributed by atoms with E-state index in [2.05, 4.69) is 10.6 Å². The second kappa shape index (κ2) is 16.7. The lowest BCUT2D eigenvalue weighted by atomic mass is 9.94. The predicted octanol–water partition coefficient (Wildman–Crippen LogP) is -7.41. The van der Waals surface area contributed by atoms with E-state index in [-0.39, 0.29) is 0 Å². The molecule has 4 aliphatic heterocycles. The van der Waals surface area contributed by atoms with Crippen molar-refractivity contribution in [2.24, 2.45) is 0 Å². The average molecular weight is 717 g/mol. The summed E-state index contributed by atoms with van der Waals surface area (Å²) in [7, 11) is 0. The zero-order chi connectivity index (χ0) is 36.5. The van der Waals surface area contributed by atoms with E-state index in [9.17, 15) is 60.7 Å². The van der Waals surface area contributed by atoms with E-state index < -0.39 is 148 Å². The topological polar surface area (TPSA) is 325 Å². The van der Waals surface area contributed by atoms with Gasteiger partial charge in [-0.1, -0.05) is 0 Å². The fourth-order valence-electron chi connectivity index (χ4n) is 6.13. The number of carbonyl (C=O) groups excluding carboxylic acids is 2. The van der Waals surface area contributed by atoms with Crippen molar-refractivity contribution < 1.29 is 93.8 Å². The standard InChI is InChI=1S/C28H48N2O19/c1-7-15(34)19(38)21(40)27(45-7)43-6-12-17(36)20(39)22(41)28(47-12)49-24-14(30-10(4)33)26(44-8(2)16(24)35)48-23-13(29-9(3)32)25(42)46-11(5-31)18(23)37/h7-8,11-28,31,34-42H,5-6H2,1-4H3,(H,29,32)(H,30,33)/t7-,8-,11+,12+,13+,14-,15-,16+,17+,18+,19+,20-,21+,22+,23+,24-,25+,26-,27+,28+/m0/s1. The van der Waals surface area contributed by atoms with Gasteiger partial charge < -0.3 is 94.9 Å². The van der Waals surface area contributed by atoms with Crippen molar-refractivity contribution in [1.29, 1.82) is 0 Å². The predicted molar refractivity (Wildman–Crippen MR) is 154 cm³/mol. The van der Waals surface area contributed by atoms with Crippen LogP contribution in [0.5, 0.6) is 0 Å². The molecule has 12 N–H and O–H groups in total. The first-order valence-corrected chi connectivity index (χ1v) is 15.8. The molecule has 0 unspecified atom stereocenters. The highest BCUT2D eigenvalue weighted by molar-refractivity contribution is 5.73. The molecule has 0 aliphatic carbocycles. The van der Waals surface area contributed by atoms with Crippen LogP contribution in [0.2, 0.25) is 0 Å². The molecule has 4 fully saturated rings. The summed E-state index contributed by atoms with van der Waals surface area (Å²) in [5.74, 6) is -1.32. The lowest BCUT2D eigenvalue weighted by Crippen LogP contribution is -2.70. The van der Waals surface area contributed by atoms with Crippen LogP contribution in [0.3, 0.4) is 0 Å². The van der Waals surface area contributed by atoms with Crippen molar-refractivity contribution in [3.8, 4) is 0 Å². The third-order valence-electron chi connectivity index (χ3n) is 8.91. The Morgan fingerprint density at radius 2 is 1.08 bits per heavy atom. The Morgan fingerprint density at radius 1 is 0.571 bits per heavy atom. The summed E-state index contributed by atoms with van der Waals surface area (Å²) >= 11 is 0. The SMILES string of the molecule is CC(=O)N[C@@H]1[C@H](O[C@H]2[C@H](O)[C@@H](CO)O[C@@H](O)[C@@H]2NC(C)=O)O[C@@H](C)[C@@H](O)[C@H]1O[C@H]1O[C@H](CO[C@@H]2O[C@@H](C)[C@H](O)[C@@H](O)[C@H]2O)[C@@H](O)[C@H](O)[C@H]1O. The normalized spacial score (nSPS) is 49.3. The molecule has 4 aliphatic rings. The van der Waals surface area contributed by atoms with Crippen molar-refractivity contribution in [2.75, 3.05) is 13.2 Å². The van der Waals surface area contributed by atoms with Crippen LogP contribution in [0, 0.1) is 0 Å². The highest BCUT2D eigenvalue weighted by Gasteiger charge is 2.54. The molecule has 0 aromatic carbocycles. The van der Waals surface area contributed by atoms with E-state index in [4.69, 9.17) is 33.2 Å². The van der Waals surface area contributed by atoms with E-state index in [0.717, 1.165) is 13.8 Å². The molecule has 2 amide bonds. The minimum atomic E-state index is -1.94. The fraction of sp³-hybridized carbons (Fsp3) is 0.929. The zero-order valence-electron chi connectivity index (χ0n) is 27.1. The van der Waals surface area contributed by atoms with Crippen LogP contribution in [0.1, 0.15) is 27.7 Å². The first-order chi connectivity index (χ1) is 23.0. The number of ether oxygens (including phenoxy) is 7. The number of aliphatic hydroxyl groups excluding tert-OH is 10. The van der Waals surface area contributed by atoms with Crippen LogP contribution in [0.25, 0.3) is 0 Å². The smallest absolute Gasteiger partial charge is 0.217 e. The van der Waals surface area contributed by atoms with Gasteiger partial charge in [0.25, 0.3) is 0 Å². The van der Waals surface area contributed by atoms with Gasteiger partial charge in [-0.05, 0) is 13.8 Å². The maximum absolute atomic E-state index is 12.3. The van der Waals surface area contributed by atoms with E-state index in [1.54, 1.807) is 0 Å². The molecule has 0 saturated carbocycles. The number of aliphatic hydroxyl groups is 10. The molecular weight excluding hydrogens is 668 g/mol. The summed E-state index contributed by atoms with van der Waals surface area (Å²) < 4.78 is 39.5. The first-order valence-electron chi connectivity index (χ1n) is 15.8. The van der Waals surface area contributed by atoms with Crippen LogP contribution < -0.4 is 10.6 Å². The van der Waals surface area contributed by atoms with Gasteiger partial charge in [0, 0.05) is 13.8 Å². The molecule has 0 aromatic rings. The van der Waals surface area contributed by atoms with E-state index in [1.165, 1.54) is 13.8 Å². The molecule has 4 saturated heterocycles. The molecule has 21 heteroatoms. The van der Waals surface area contributed by atoms with Crippen LogP contribution in [0.4, 0.5) is 0 Å². The van der Waals surface area contributed by atoms with Crippen LogP contribution in [-0.4, -0.2) is 199 Å². The molecule has 4 heterocycles. The first kappa shape index (κ1) is 40.0. The van der Waals surface area contributed by atoms with Crippen LogP contribution in [-0.2, 0) is 42.7 Å². The Labute approximate surface area is 280 Å². The number of nitrogens with one attached hydrogen (secondary N) is 2. The summed E-state index contributed by atoms with van der Waals surface area (Å²) in [6.07, 6.45) is -28.3. The van der Waals surface area contributed by atoms with Gasteiger partial charge in [-0.2, -0.15) is 0 Å². The van der Waals surface area contributed by atoms with Gasteiger partial charge in [0.05, 0.1) is 25.4 Å². The van der Waals surface area contributed by atoms with Crippen molar-refractivity contribution in [2.45, 2.75) is 150 Å². The van der Waals surface area contributed by atoms with Gasteiger partial charge in [-0.15, -0.1) is 0 Å². The van der Waals surface area contributed by atoms with Crippen LogP contribution in [0.15, 0.2) is 0 Å². The number of carbonyl (C=O) groups is 2. The third kappa shape index (κ3) is 8.84. The molecule has 4 rings (SSSR count). The molecule has 20 atom stereocenters. The molecule has 0 aromatic heterocycles. The monoisotopic (exact) mass is 716 g/mol. The fourth-order valence-corrected chi connectivity index (χ4v) is 6.13. The number of amides is 2. The van der Waals surface area contributed by atoms with E-state index in [0.29, 0.717) is 0 Å². The van der Waals surface area contributed by atoms with Crippen molar-refractivity contribution >= 4 is 11.8 Å². The number of hydrogen-bond donors (Lipinski definition) is 12. The molecule has 0 spiro atoms. The van der Waals surface area contributed by atoms with Crippen molar-refractivity contribution in [3.63, 3.8) is 0 Å². The summed E-state index contributed by atoms with van der Waals surface area (Å²) in [4.78, 5) is 24.2. The Hall–Kier alpha value is -1.74. The Kier molecular flexibility index (Phi) is 13.7. The molecule has 0 radical (unpaired) electrons. The highest BCUT2D eigenvalue weighted by atomic mass is 16.7. The largest absolute Gasteiger partial charge is 0.394 e. The van der Waals surface area contributed by atoms with Crippen molar-refractivity contribution in [3.05, 3.63) is 0 Å². The van der Waals surface area contributed by atoms with Crippen LogP contribution >= 0.6 is 0 Å². The second-order valence-corrected chi connectivity index (χ2v) is 12.6. The molecule has 0 bridgehead atoms. The minimum absolute atomic E-state index is 0.601. The third-order valence-corrected chi connectivity index (χ3v) is 8.91. The van der Waals surface area contributed by atoms with Crippen molar-refractivity contribution in [1.82, 2.24) is 10.6 Å². The van der Waals surface area contributed by atoms with E-state index in [1.807, 2.05) is 0 Å². The van der Waals surface area contributed by atoms with Gasteiger partial charge in [0.15, 0.2) is 25.2 Å². The maximum atomic E-state index is 12.3. The Morgan fingerprint density at radius 3 is 1.69 bits per heavy atom. The molecule has 21 nitrogen and oxygen atoms in total. The molecule has 49 heavy (non-hydrogen) atoms. The van der Waals surface area contributed by atoms with E-state index >= 15 is 0 Å². The molecule has 284 valence electrons. The Balaban J connectivity index is 1.55. The lowest BCUT2D eigenvalue weighted by Gasteiger charge is -2.49. The molecular formula is C28H48N2O19. The quantitative estimate of drug-likeness (QED) is 0.0999. The zero-order valence-corrected chi connectivity index (χ0v) is 27.1. The minimum Gasteiger partial charge on any atom is -0.394 e. The summed E-state index contributed by atoms with van der Waals surface area (Å²) in [6.45, 7) is 3.71. The van der Waals surface area contributed by atoms with Gasteiger partial charge in [-0.25, -0.2) is 0 Å². The number of rotatable bonds is 10. The highest BCUT2D eigenvalue weighted by Crippen LogP contribution is 2.33. The second-order valence-electron chi connectivity index (χ2n) is 12.6. The Bertz CT molecular complexity index is 1110. The summed E-state index contributed by atoms with van der Waals surface area (Å²) in [5, 5.41) is 110. The lowest BCUT2D eigenvalue weighted by molar-refractivity contribution is -0.359. The summed E-state index contributed by atoms with van der Waals surface area (Å²) in [5.41, 5.74) is 0. The van der Waals surface area contributed by atoms with Gasteiger partial charge in [0.1, 0.15) is 85.3 Å². The average Bonchev–Trinajstić information content (AvgIpc) is 3.04. The van der Waals surface area contributed by atoms with Gasteiger partial charge >= 0.3 is 0 Å². The summed E-state index contributed by atoms with van der Waals surface area (Å²) in [6, 6.07) is -2.87. The van der Waals surface area contributed by atoms with Gasteiger partial charge in [0.2, 0.25) is 11.8 Å². The van der Waals surface area contributed by atoms with Gasteiger partial charge in [-0.3, -0.25) is 9.59 Å².